The van der Waals surface area contributed by atoms with E-state index in [0.717, 1.165) is 37.6 Å². The standard InChI is InChI=1S/C21H24N4OS2/c1-13-4-3-5-17(14(13)2)24-7-9-25(10-8-24)20(26)19-16-12-28-21-15(6-11-27-21)18(16)22-23-19/h3-6,11,16,18,22H,7-10,12H2,1-2H3. The van der Waals surface area contributed by atoms with Gasteiger partial charge in [0.05, 0.1) is 10.3 Å². The number of carbonyl (C=O) groups excluding carboxylic acids is 1. The number of benzene rings is 1. The first kappa shape index (κ1) is 18.1. The molecular weight excluding hydrogens is 388 g/mol. The molecular formula is C21H24N4OS2. The summed E-state index contributed by atoms with van der Waals surface area (Å²) in [5.74, 6) is 1.22. The summed E-state index contributed by atoms with van der Waals surface area (Å²) in [5, 5.41) is 6.62. The van der Waals surface area contributed by atoms with Gasteiger partial charge in [-0.15, -0.1) is 23.1 Å². The monoisotopic (exact) mass is 412 g/mol. The Morgan fingerprint density at radius 2 is 2.00 bits per heavy atom. The van der Waals surface area contributed by atoms with Gasteiger partial charge in [0.25, 0.3) is 5.91 Å². The highest BCUT2D eigenvalue weighted by Gasteiger charge is 2.42. The Morgan fingerprint density at radius 3 is 2.82 bits per heavy atom. The van der Waals surface area contributed by atoms with Crippen LogP contribution in [0.3, 0.4) is 0 Å². The lowest BCUT2D eigenvalue weighted by Crippen LogP contribution is -2.51. The number of aryl methyl sites for hydroxylation is 1. The van der Waals surface area contributed by atoms with E-state index in [0.29, 0.717) is 0 Å². The predicted octanol–water partition coefficient (Wildman–Crippen LogP) is 3.44. The quantitative estimate of drug-likeness (QED) is 0.821. The van der Waals surface area contributed by atoms with Gasteiger partial charge in [0, 0.05) is 49.1 Å². The van der Waals surface area contributed by atoms with Gasteiger partial charge in [0.1, 0.15) is 5.71 Å². The normalized spacial score (nSPS) is 23.7. The Bertz CT molecular complexity index is 946. The zero-order valence-electron chi connectivity index (χ0n) is 16.1. The van der Waals surface area contributed by atoms with Crippen molar-refractivity contribution in [3.8, 4) is 0 Å². The SMILES string of the molecule is Cc1cccc(N2CCN(C(=O)C3=NNC4c5ccsc5SCC34)CC2)c1C. The summed E-state index contributed by atoms with van der Waals surface area (Å²) in [7, 11) is 0. The van der Waals surface area contributed by atoms with Crippen LogP contribution in [0.5, 0.6) is 0 Å². The van der Waals surface area contributed by atoms with Crippen LogP contribution in [0.25, 0.3) is 0 Å². The van der Waals surface area contributed by atoms with Crippen LogP contribution in [0.15, 0.2) is 39.0 Å². The number of nitrogens with one attached hydrogen (secondary N) is 1. The average molecular weight is 413 g/mol. The largest absolute Gasteiger partial charge is 0.368 e. The number of thioether (sulfide) groups is 1. The van der Waals surface area contributed by atoms with Crippen LogP contribution in [0.1, 0.15) is 22.7 Å². The van der Waals surface area contributed by atoms with Crippen LogP contribution in [0.2, 0.25) is 0 Å². The molecule has 1 amide bonds. The number of nitrogens with zero attached hydrogens (tertiary/aromatic N) is 3. The third-order valence-electron chi connectivity index (χ3n) is 6.17. The summed E-state index contributed by atoms with van der Waals surface area (Å²) in [6.45, 7) is 7.57. The molecule has 0 aliphatic carbocycles. The number of fused-ring (bicyclic) bond motifs is 3. The van der Waals surface area contributed by atoms with Crippen molar-refractivity contribution in [1.29, 1.82) is 0 Å². The summed E-state index contributed by atoms with van der Waals surface area (Å²) in [5.41, 5.74) is 9.20. The van der Waals surface area contributed by atoms with Gasteiger partial charge in [-0.1, -0.05) is 12.1 Å². The fraction of sp³-hybridized carbons (Fsp3) is 0.429. The maximum atomic E-state index is 13.2. The molecule has 2 aromatic rings. The topological polar surface area (TPSA) is 47.9 Å². The number of hydrazone groups is 1. The first-order valence-electron chi connectivity index (χ1n) is 9.77. The van der Waals surface area contributed by atoms with E-state index in [1.165, 1.54) is 26.6 Å². The Morgan fingerprint density at radius 1 is 1.18 bits per heavy atom. The van der Waals surface area contributed by atoms with Gasteiger partial charge < -0.3 is 15.2 Å². The minimum absolute atomic E-state index is 0.111. The smallest absolute Gasteiger partial charge is 0.270 e. The van der Waals surface area contributed by atoms with Gasteiger partial charge in [-0.05, 0) is 42.5 Å². The number of hydrogen-bond donors (Lipinski definition) is 1. The van der Waals surface area contributed by atoms with Crippen molar-refractivity contribution in [2.75, 3.05) is 36.8 Å². The molecule has 0 radical (unpaired) electrons. The van der Waals surface area contributed by atoms with E-state index in [1.54, 1.807) is 11.3 Å². The second-order valence-corrected chi connectivity index (χ2v) is 9.89. The van der Waals surface area contributed by atoms with Crippen molar-refractivity contribution < 1.29 is 4.79 Å². The van der Waals surface area contributed by atoms with E-state index in [9.17, 15) is 4.79 Å². The highest BCUT2D eigenvalue weighted by atomic mass is 32.2. The number of rotatable bonds is 2. The molecule has 0 bridgehead atoms. The Hall–Kier alpha value is -1.99. The van der Waals surface area contributed by atoms with Crippen LogP contribution in [0.4, 0.5) is 5.69 Å². The van der Waals surface area contributed by atoms with Crippen molar-refractivity contribution in [3.63, 3.8) is 0 Å². The van der Waals surface area contributed by atoms with Gasteiger partial charge in [-0.25, -0.2) is 0 Å². The first-order valence-corrected chi connectivity index (χ1v) is 11.6. The van der Waals surface area contributed by atoms with Gasteiger partial charge in [0.15, 0.2) is 0 Å². The fourth-order valence-corrected chi connectivity index (χ4v) is 6.70. The van der Waals surface area contributed by atoms with Crippen LogP contribution < -0.4 is 10.3 Å². The molecule has 5 nitrogen and oxygen atoms in total. The summed E-state index contributed by atoms with van der Waals surface area (Å²) < 4.78 is 1.36. The van der Waals surface area contributed by atoms with Gasteiger partial charge >= 0.3 is 0 Å². The van der Waals surface area contributed by atoms with E-state index in [-0.39, 0.29) is 17.9 Å². The summed E-state index contributed by atoms with van der Waals surface area (Å²) in [6.07, 6.45) is 0. The molecule has 28 heavy (non-hydrogen) atoms. The van der Waals surface area contributed by atoms with Crippen LogP contribution >= 0.6 is 23.1 Å². The molecule has 1 aromatic carbocycles. The molecule has 146 valence electrons. The van der Waals surface area contributed by atoms with Gasteiger partial charge in [-0.3, -0.25) is 4.79 Å². The fourth-order valence-electron chi connectivity index (χ4n) is 4.35. The van der Waals surface area contributed by atoms with E-state index in [1.807, 2.05) is 16.7 Å². The first-order chi connectivity index (χ1) is 13.6. The average Bonchev–Trinajstić information content (AvgIpc) is 3.36. The van der Waals surface area contributed by atoms with Gasteiger partial charge in [0.2, 0.25) is 0 Å². The Labute approximate surface area is 173 Å². The molecule has 1 fully saturated rings. The molecule has 2 atom stereocenters. The molecule has 7 heteroatoms. The van der Waals surface area contributed by atoms with Crippen molar-refractivity contribution in [2.24, 2.45) is 11.0 Å². The van der Waals surface area contributed by atoms with Crippen LogP contribution in [0, 0.1) is 19.8 Å². The predicted molar refractivity (Wildman–Crippen MR) is 117 cm³/mol. The maximum Gasteiger partial charge on any atom is 0.270 e. The highest BCUT2D eigenvalue weighted by Crippen LogP contribution is 2.45. The maximum absolute atomic E-state index is 13.2. The lowest BCUT2D eigenvalue weighted by Gasteiger charge is -2.37. The van der Waals surface area contributed by atoms with Crippen LogP contribution in [-0.2, 0) is 4.79 Å². The number of carbonyl (C=O) groups is 1. The van der Waals surface area contributed by atoms with Crippen molar-refractivity contribution in [3.05, 3.63) is 46.3 Å². The van der Waals surface area contributed by atoms with E-state index in [4.69, 9.17) is 0 Å². The second kappa shape index (κ2) is 7.12. The molecule has 1 aromatic heterocycles. The molecule has 0 saturated carbocycles. The number of piperazine rings is 1. The third kappa shape index (κ3) is 2.92. The minimum Gasteiger partial charge on any atom is -0.368 e. The summed E-state index contributed by atoms with van der Waals surface area (Å²) in [4.78, 5) is 17.6. The zero-order valence-corrected chi connectivity index (χ0v) is 17.8. The third-order valence-corrected chi connectivity index (χ3v) is 8.56. The van der Waals surface area contributed by atoms with Gasteiger partial charge in [-0.2, -0.15) is 5.10 Å². The van der Waals surface area contributed by atoms with Crippen molar-refractivity contribution >= 4 is 40.4 Å². The minimum atomic E-state index is 0.111. The zero-order chi connectivity index (χ0) is 19.3. The molecule has 1 N–H and O–H groups in total. The molecule has 0 spiro atoms. The summed E-state index contributed by atoms with van der Waals surface area (Å²) in [6, 6.07) is 8.79. The number of thiophene rings is 1. The molecule has 3 aliphatic rings. The van der Waals surface area contributed by atoms with E-state index < -0.39 is 0 Å². The van der Waals surface area contributed by atoms with Crippen LogP contribution in [-0.4, -0.2) is 48.5 Å². The van der Waals surface area contributed by atoms with E-state index >= 15 is 0 Å². The Kier molecular flexibility index (Phi) is 4.59. The molecule has 5 rings (SSSR count). The van der Waals surface area contributed by atoms with Crippen molar-refractivity contribution in [1.82, 2.24) is 10.3 Å². The highest BCUT2D eigenvalue weighted by molar-refractivity contribution is 8.01. The van der Waals surface area contributed by atoms with Crippen molar-refractivity contribution in [2.45, 2.75) is 24.1 Å². The molecule has 3 aliphatic heterocycles. The van der Waals surface area contributed by atoms with E-state index in [2.05, 4.69) is 58.9 Å². The molecule has 4 heterocycles. The lowest BCUT2D eigenvalue weighted by molar-refractivity contribution is -0.124. The molecule has 2 unspecified atom stereocenters. The second-order valence-electron chi connectivity index (χ2n) is 7.68. The lowest BCUT2D eigenvalue weighted by atomic mass is 9.92. The number of amides is 1. The molecule has 1 saturated heterocycles. The number of hydrogen-bond acceptors (Lipinski definition) is 6. The number of anilines is 1. The Balaban J connectivity index is 1.26. The summed E-state index contributed by atoms with van der Waals surface area (Å²) >= 11 is 3.64.